The minimum atomic E-state index is -1.45. The number of halogens is 3. The average Bonchev–Trinajstić information content (AvgIpc) is 3.28. The third-order valence-corrected chi connectivity index (χ3v) is 5.14. The molecule has 1 unspecified atom stereocenters. The Balaban J connectivity index is 1.64. The maximum Gasteiger partial charge on any atom is 0.257 e. The molecule has 0 spiro atoms. The van der Waals surface area contributed by atoms with Gasteiger partial charge in [0.25, 0.3) is 5.91 Å². The maximum absolute atomic E-state index is 14.5. The van der Waals surface area contributed by atoms with E-state index >= 15 is 0 Å². The number of carbonyl (C=O) groups is 1. The van der Waals surface area contributed by atoms with E-state index in [9.17, 15) is 18.0 Å². The Morgan fingerprint density at radius 3 is 2.71 bits per heavy atom. The minimum absolute atomic E-state index is 0.0356. The molecule has 0 radical (unpaired) electrons. The Morgan fingerprint density at radius 2 is 1.96 bits per heavy atom. The van der Waals surface area contributed by atoms with E-state index in [1.54, 1.807) is 0 Å². The van der Waals surface area contributed by atoms with Gasteiger partial charge in [0.05, 0.1) is 29.7 Å². The smallest absolute Gasteiger partial charge is 0.257 e. The van der Waals surface area contributed by atoms with Crippen LogP contribution in [0, 0.1) is 24.4 Å². The number of fused-ring (bicyclic) bond motifs is 1. The predicted molar refractivity (Wildman–Crippen MR) is 96.9 cm³/mol. The number of para-hydroxylation sites is 2. The van der Waals surface area contributed by atoms with Crippen molar-refractivity contribution in [2.24, 2.45) is 0 Å². The number of hydrogen-bond donors (Lipinski definition) is 0. The van der Waals surface area contributed by atoms with Crippen LogP contribution in [0.15, 0.2) is 30.3 Å². The molecule has 146 valence electrons. The molecule has 0 bridgehead atoms. The van der Waals surface area contributed by atoms with Crippen molar-refractivity contribution in [3.63, 3.8) is 0 Å². The minimum Gasteiger partial charge on any atom is -0.491 e. The van der Waals surface area contributed by atoms with E-state index in [4.69, 9.17) is 0 Å². The summed E-state index contributed by atoms with van der Waals surface area (Å²) < 4.78 is 48.5. The van der Waals surface area contributed by atoms with Gasteiger partial charge in [0.15, 0.2) is 17.4 Å². The molecular formula is C20H18F3N3O2. The molecule has 4 rings (SSSR count). The summed E-state index contributed by atoms with van der Waals surface area (Å²) in [5, 5.41) is 0. The zero-order valence-corrected chi connectivity index (χ0v) is 15.4. The topological polar surface area (TPSA) is 47.4 Å². The van der Waals surface area contributed by atoms with E-state index in [-0.39, 0.29) is 6.04 Å². The third kappa shape index (κ3) is 2.80. The molecule has 3 aromatic rings. The van der Waals surface area contributed by atoms with Gasteiger partial charge in [0.1, 0.15) is 5.82 Å². The van der Waals surface area contributed by atoms with Crippen LogP contribution in [-0.2, 0) is 0 Å². The van der Waals surface area contributed by atoms with Crippen LogP contribution in [0.2, 0.25) is 0 Å². The van der Waals surface area contributed by atoms with E-state index in [1.807, 2.05) is 31.2 Å². The summed E-state index contributed by atoms with van der Waals surface area (Å²) in [4.78, 5) is 18.8. The van der Waals surface area contributed by atoms with E-state index in [0.717, 1.165) is 24.0 Å². The molecule has 2 aromatic carbocycles. The molecule has 2 heterocycles. The third-order valence-electron chi connectivity index (χ3n) is 5.14. The molecule has 0 aliphatic carbocycles. The summed E-state index contributed by atoms with van der Waals surface area (Å²) in [6.07, 6.45) is 0.648. The van der Waals surface area contributed by atoms with Gasteiger partial charge in [-0.2, -0.15) is 4.39 Å². The van der Waals surface area contributed by atoms with Crippen molar-refractivity contribution in [2.75, 3.05) is 20.2 Å². The van der Waals surface area contributed by atoms with E-state index in [2.05, 4.69) is 14.3 Å². The molecule has 1 amide bonds. The summed E-state index contributed by atoms with van der Waals surface area (Å²) in [6.45, 7) is 2.58. The van der Waals surface area contributed by atoms with Gasteiger partial charge in [-0.3, -0.25) is 4.79 Å². The molecule has 1 aliphatic heterocycles. The first-order chi connectivity index (χ1) is 13.4. The second-order valence-electron chi connectivity index (χ2n) is 6.78. The first-order valence-electron chi connectivity index (χ1n) is 8.86. The zero-order valence-electron chi connectivity index (χ0n) is 15.4. The van der Waals surface area contributed by atoms with Crippen LogP contribution in [0.3, 0.4) is 0 Å². The zero-order chi connectivity index (χ0) is 20.0. The molecule has 1 aromatic heterocycles. The lowest BCUT2D eigenvalue weighted by Crippen LogP contribution is -2.30. The number of nitrogens with zero attached hydrogens (tertiary/aromatic N) is 3. The van der Waals surface area contributed by atoms with Crippen molar-refractivity contribution in [2.45, 2.75) is 19.4 Å². The first kappa shape index (κ1) is 18.3. The lowest BCUT2D eigenvalue weighted by atomic mass is 10.1. The number of methoxy groups -OCH3 is 1. The molecule has 5 nitrogen and oxygen atoms in total. The number of ether oxygens (including phenoxy) is 1. The number of likely N-dealkylation sites (tertiary alicyclic amines) is 1. The number of hydrogen-bond acceptors (Lipinski definition) is 3. The largest absolute Gasteiger partial charge is 0.491 e. The number of carbonyl (C=O) groups excluding carboxylic acids is 1. The molecule has 28 heavy (non-hydrogen) atoms. The van der Waals surface area contributed by atoms with Crippen LogP contribution < -0.4 is 4.74 Å². The first-order valence-corrected chi connectivity index (χ1v) is 8.86. The Kier molecular flexibility index (Phi) is 4.49. The molecular weight excluding hydrogens is 371 g/mol. The maximum atomic E-state index is 14.5. The Morgan fingerprint density at radius 1 is 1.21 bits per heavy atom. The van der Waals surface area contributed by atoms with Crippen LogP contribution in [0.5, 0.6) is 5.75 Å². The fraction of sp³-hybridized carbons (Fsp3) is 0.300. The lowest BCUT2D eigenvalue weighted by molar-refractivity contribution is 0.0781. The SMILES string of the molecule is COc1c(F)c(F)cc(C(=O)N2CCC(n3c(C)nc4ccccc43)C2)c1F. The highest BCUT2D eigenvalue weighted by molar-refractivity contribution is 5.95. The van der Waals surface area contributed by atoms with E-state index in [0.29, 0.717) is 25.6 Å². The second kappa shape index (κ2) is 6.85. The highest BCUT2D eigenvalue weighted by Gasteiger charge is 2.33. The fourth-order valence-corrected chi connectivity index (χ4v) is 3.85. The number of imidazole rings is 1. The van der Waals surface area contributed by atoms with Crippen molar-refractivity contribution in [3.05, 3.63) is 59.2 Å². The van der Waals surface area contributed by atoms with Gasteiger partial charge in [-0.1, -0.05) is 12.1 Å². The number of aromatic nitrogens is 2. The monoisotopic (exact) mass is 389 g/mol. The molecule has 0 N–H and O–H groups in total. The van der Waals surface area contributed by atoms with Gasteiger partial charge < -0.3 is 14.2 Å². The van der Waals surface area contributed by atoms with Crippen molar-refractivity contribution < 1.29 is 22.7 Å². The van der Waals surface area contributed by atoms with Gasteiger partial charge in [-0.05, 0) is 31.5 Å². The Hall–Kier alpha value is -3.03. The quantitative estimate of drug-likeness (QED) is 0.639. The van der Waals surface area contributed by atoms with Crippen LogP contribution in [0.25, 0.3) is 11.0 Å². The van der Waals surface area contributed by atoms with Crippen molar-refractivity contribution in [1.82, 2.24) is 14.5 Å². The van der Waals surface area contributed by atoms with Gasteiger partial charge in [0.2, 0.25) is 5.82 Å². The number of aryl methyl sites for hydroxylation is 1. The highest BCUT2D eigenvalue weighted by Crippen LogP contribution is 2.31. The second-order valence-corrected chi connectivity index (χ2v) is 6.78. The molecule has 8 heteroatoms. The molecule has 1 atom stereocenters. The molecule has 0 saturated carbocycles. The number of amides is 1. The summed E-state index contributed by atoms with van der Waals surface area (Å²) in [5.41, 5.74) is 1.28. The van der Waals surface area contributed by atoms with E-state index in [1.165, 1.54) is 4.90 Å². The van der Waals surface area contributed by atoms with Crippen LogP contribution >= 0.6 is 0 Å². The van der Waals surface area contributed by atoms with Crippen molar-refractivity contribution in [3.8, 4) is 5.75 Å². The van der Waals surface area contributed by atoms with Gasteiger partial charge in [-0.25, -0.2) is 13.8 Å². The fourth-order valence-electron chi connectivity index (χ4n) is 3.85. The average molecular weight is 389 g/mol. The molecule has 1 fully saturated rings. The standard InChI is InChI=1S/C20H18F3N3O2/c1-11-24-15-5-3-4-6-16(15)26(11)12-7-8-25(10-12)20(27)13-9-14(21)18(23)19(28-2)17(13)22/h3-6,9,12H,7-8,10H2,1-2H3. The highest BCUT2D eigenvalue weighted by atomic mass is 19.2. The molecule has 1 saturated heterocycles. The van der Waals surface area contributed by atoms with Crippen LogP contribution in [0.1, 0.15) is 28.6 Å². The summed E-state index contributed by atoms with van der Waals surface area (Å²) in [5.74, 6) is -4.74. The Bertz CT molecular complexity index is 1080. The van der Waals surface area contributed by atoms with Crippen LogP contribution in [0.4, 0.5) is 13.2 Å². The van der Waals surface area contributed by atoms with Crippen molar-refractivity contribution in [1.29, 1.82) is 0 Å². The number of rotatable bonds is 3. The normalized spacial score (nSPS) is 16.8. The van der Waals surface area contributed by atoms with Gasteiger partial charge >= 0.3 is 0 Å². The van der Waals surface area contributed by atoms with E-state index < -0.39 is 34.7 Å². The van der Waals surface area contributed by atoms with Crippen molar-refractivity contribution >= 4 is 16.9 Å². The van der Waals surface area contributed by atoms with Gasteiger partial charge in [0, 0.05) is 13.1 Å². The Labute approximate surface area is 159 Å². The summed E-state index contributed by atoms with van der Waals surface area (Å²) in [7, 11) is 1.02. The summed E-state index contributed by atoms with van der Waals surface area (Å²) >= 11 is 0. The predicted octanol–water partition coefficient (Wildman–Crippen LogP) is 3.86. The number of benzene rings is 2. The summed E-state index contributed by atoms with van der Waals surface area (Å²) in [6, 6.07) is 8.25. The van der Waals surface area contributed by atoms with Gasteiger partial charge in [-0.15, -0.1) is 0 Å². The molecule has 1 aliphatic rings. The lowest BCUT2D eigenvalue weighted by Gasteiger charge is -2.19. The van der Waals surface area contributed by atoms with Crippen LogP contribution in [-0.4, -0.2) is 40.6 Å².